The molecule has 0 heterocycles. The molecule has 0 unspecified atom stereocenters. The van der Waals surface area contributed by atoms with Crippen molar-refractivity contribution in [1.29, 1.82) is 0 Å². The Hall–Kier alpha value is -4.76. The summed E-state index contributed by atoms with van der Waals surface area (Å²) >= 11 is 0. The third kappa shape index (κ3) is 6.71. The minimum atomic E-state index is -4.00. The first-order valence-electron chi connectivity index (χ1n) is 11.7. The Morgan fingerprint density at radius 1 is 0.842 bits per heavy atom. The first-order valence-corrected chi connectivity index (χ1v) is 13.1. The van der Waals surface area contributed by atoms with Crippen molar-refractivity contribution in [2.75, 3.05) is 10.8 Å². The molecule has 4 rings (SSSR count). The van der Waals surface area contributed by atoms with Crippen LogP contribution in [0, 0.1) is 6.92 Å². The van der Waals surface area contributed by atoms with Crippen LogP contribution in [0.3, 0.4) is 0 Å². The van der Waals surface area contributed by atoms with Gasteiger partial charge in [0.25, 0.3) is 15.9 Å². The second-order valence-corrected chi connectivity index (χ2v) is 10.1. The van der Waals surface area contributed by atoms with Gasteiger partial charge in [-0.3, -0.25) is 9.10 Å². The maximum atomic E-state index is 13.3. The van der Waals surface area contributed by atoms with Crippen molar-refractivity contribution in [3.05, 3.63) is 126 Å². The average Bonchev–Trinajstić information content (AvgIpc) is 2.94. The summed E-state index contributed by atoms with van der Waals surface area (Å²) in [4.78, 5) is 24.9. The van der Waals surface area contributed by atoms with Gasteiger partial charge < -0.3 is 4.74 Å². The maximum Gasteiger partial charge on any atom is 0.343 e. The highest BCUT2D eigenvalue weighted by Gasteiger charge is 2.27. The standard InChI is InChI=1S/C29H25N3O5S/c1-22-12-18-27(19-13-22)38(35,36)32(25-10-6-3-7-11-25)21-28(33)31-30-20-23-14-16-26(17-15-23)37-29(34)24-8-4-2-5-9-24/h2-20H,21H2,1H3,(H,31,33)/b30-20-. The number of benzene rings is 4. The van der Waals surface area contributed by atoms with E-state index in [1.54, 1.807) is 91.0 Å². The molecule has 1 amide bonds. The molecule has 38 heavy (non-hydrogen) atoms. The monoisotopic (exact) mass is 527 g/mol. The van der Waals surface area contributed by atoms with Crippen LogP contribution in [0.25, 0.3) is 0 Å². The zero-order chi connectivity index (χ0) is 27.0. The van der Waals surface area contributed by atoms with Gasteiger partial charge in [0.05, 0.1) is 22.4 Å². The number of para-hydroxylation sites is 1. The molecule has 0 spiro atoms. The van der Waals surface area contributed by atoms with Gasteiger partial charge in [-0.2, -0.15) is 5.10 Å². The Bertz CT molecular complexity index is 1520. The van der Waals surface area contributed by atoms with Gasteiger partial charge in [-0.1, -0.05) is 54.1 Å². The van der Waals surface area contributed by atoms with E-state index in [9.17, 15) is 18.0 Å². The number of ether oxygens (including phenoxy) is 1. The smallest absolute Gasteiger partial charge is 0.343 e. The van der Waals surface area contributed by atoms with Crippen LogP contribution in [-0.2, 0) is 14.8 Å². The number of hydrazone groups is 1. The second-order valence-electron chi connectivity index (χ2n) is 8.28. The Balaban J connectivity index is 1.40. The number of carbonyl (C=O) groups is 2. The van der Waals surface area contributed by atoms with Crippen LogP contribution < -0.4 is 14.5 Å². The summed E-state index contributed by atoms with van der Waals surface area (Å²) in [6.07, 6.45) is 1.40. The number of sulfonamides is 1. The molecule has 192 valence electrons. The van der Waals surface area contributed by atoms with Gasteiger partial charge in [0, 0.05) is 0 Å². The number of esters is 1. The molecule has 0 saturated heterocycles. The summed E-state index contributed by atoms with van der Waals surface area (Å²) in [7, 11) is -4.00. The molecule has 0 fully saturated rings. The number of nitrogens with one attached hydrogen (secondary N) is 1. The molecule has 0 aliphatic heterocycles. The van der Waals surface area contributed by atoms with E-state index in [0.717, 1.165) is 9.87 Å². The Morgan fingerprint density at radius 2 is 1.45 bits per heavy atom. The Labute approximate surface area is 221 Å². The van der Waals surface area contributed by atoms with E-state index in [2.05, 4.69) is 10.5 Å². The summed E-state index contributed by atoms with van der Waals surface area (Å²) in [6.45, 7) is 1.40. The number of carbonyl (C=O) groups excluding carboxylic acids is 2. The molecule has 1 N–H and O–H groups in total. The third-order valence-electron chi connectivity index (χ3n) is 5.44. The van der Waals surface area contributed by atoms with Crippen molar-refractivity contribution >= 4 is 33.8 Å². The molecule has 9 heteroatoms. The van der Waals surface area contributed by atoms with Crippen LogP contribution in [0.2, 0.25) is 0 Å². The van der Waals surface area contributed by atoms with Crippen LogP contribution in [0.4, 0.5) is 5.69 Å². The number of anilines is 1. The van der Waals surface area contributed by atoms with E-state index < -0.39 is 28.4 Å². The highest BCUT2D eigenvalue weighted by atomic mass is 32.2. The maximum absolute atomic E-state index is 13.3. The van der Waals surface area contributed by atoms with Crippen LogP contribution in [0.15, 0.2) is 119 Å². The highest BCUT2D eigenvalue weighted by molar-refractivity contribution is 7.92. The molecule has 0 atom stereocenters. The van der Waals surface area contributed by atoms with Crippen LogP contribution in [0.1, 0.15) is 21.5 Å². The van der Waals surface area contributed by atoms with E-state index in [0.29, 0.717) is 22.6 Å². The molecule has 0 saturated carbocycles. The van der Waals surface area contributed by atoms with Gasteiger partial charge in [-0.05, 0) is 73.2 Å². The van der Waals surface area contributed by atoms with Gasteiger partial charge >= 0.3 is 5.97 Å². The molecule has 4 aromatic rings. The number of hydrogen-bond donors (Lipinski definition) is 1. The quantitative estimate of drug-likeness (QED) is 0.149. The minimum Gasteiger partial charge on any atom is -0.423 e. The first-order chi connectivity index (χ1) is 18.3. The number of rotatable bonds is 9. The highest BCUT2D eigenvalue weighted by Crippen LogP contribution is 2.23. The molecular formula is C29H25N3O5S. The zero-order valence-electron chi connectivity index (χ0n) is 20.5. The third-order valence-corrected chi connectivity index (χ3v) is 7.23. The SMILES string of the molecule is Cc1ccc(S(=O)(=O)N(CC(=O)N/N=C\c2ccc(OC(=O)c3ccccc3)cc2)c2ccccc2)cc1. The van der Waals surface area contributed by atoms with Crippen LogP contribution >= 0.6 is 0 Å². The molecule has 0 aliphatic rings. The van der Waals surface area contributed by atoms with Crippen molar-refractivity contribution in [1.82, 2.24) is 5.43 Å². The number of aryl methyl sites for hydroxylation is 1. The number of nitrogens with zero attached hydrogens (tertiary/aromatic N) is 2. The molecule has 8 nitrogen and oxygen atoms in total. The molecule has 0 radical (unpaired) electrons. The van der Waals surface area contributed by atoms with Crippen molar-refractivity contribution in [2.24, 2.45) is 5.10 Å². The molecule has 0 aliphatic carbocycles. The first kappa shape index (κ1) is 26.3. The predicted molar refractivity (Wildman–Crippen MR) is 146 cm³/mol. The van der Waals surface area contributed by atoms with E-state index in [1.165, 1.54) is 18.3 Å². The lowest BCUT2D eigenvalue weighted by Gasteiger charge is -2.23. The molecule has 0 aromatic heterocycles. The predicted octanol–water partition coefficient (Wildman–Crippen LogP) is 4.56. The van der Waals surface area contributed by atoms with Gasteiger partial charge in [-0.25, -0.2) is 18.6 Å². The summed E-state index contributed by atoms with van der Waals surface area (Å²) in [5.41, 5.74) is 4.72. The fourth-order valence-electron chi connectivity index (χ4n) is 3.45. The fourth-order valence-corrected chi connectivity index (χ4v) is 4.87. The topological polar surface area (TPSA) is 105 Å². The summed E-state index contributed by atoms with van der Waals surface area (Å²) in [5, 5.41) is 3.94. The van der Waals surface area contributed by atoms with Gasteiger partial charge in [0.2, 0.25) is 0 Å². The molecule has 0 bridgehead atoms. The van der Waals surface area contributed by atoms with Gasteiger partial charge in [0.1, 0.15) is 12.3 Å². The van der Waals surface area contributed by atoms with Gasteiger partial charge in [-0.15, -0.1) is 0 Å². The molecular weight excluding hydrogens is 502 g/mol. The Kier molecular flexibility index (Phi) is 8.30. The van der Waals surface area contributed by atoms with Crippen LogP contribution in [-0.4, -0.2) is 33.1 Å². The van der Waals surface area contributed by atoms with E-state index in [-0.39, 0.29) is 4.90 Å². The summed E-state index contributed by atoms with van der Waals surface area (Å²) in [6, 6.07) is 30.0. The van der Waals surface area contributed by atoms with Crippen molar-refractivity contribution < 1.29 is 22.7 Å². The average molecular weight is 528 g/mol. The van der Waals surface area contributed by atoms with Crippen molar-refractivity contribution in [3.8, 4) is 5.75 Å². The lowest BCUT2D eigenvalue weighted by Crippen LogP contribution is -2.39. The number of amides is 1. The van der Waals surface area contributed by atoms with Crippen molar-refractivity contribution in [2.45, 2.75) is 11.8 Å². The van der Waals surface area contributed by atoms with E-state index >= 15 is 0 Å². The summed E-state index contributed by atoms with van der Waals surface area (Å²) < 4.78 is 33.1. The Morgan fingerprint density at radius 3 is 2.08 bits per heavy atom. The normalized spacial score (nSPS) is 11.2. The van der Waals surface area contributed by atoms with E-state index in [4.69, 9.17) is 4.74 Å². The largest absolute Gasteiger partial charge is 0.423 e. The van der Waals surface area contributed by atoms with Crippen LogP contribution in [0.5, 0.6) is 5.75 Å². The number of hydrogen-bond acceptors (Lipinski definition) is 6. The lowest BCUT2D eigenvalue weighted by molar-refractivity contribution is -0.119. The lowest BCUT2D eigenvalue weighted by atomic mass is 10.2. The van der Waals surface area contributed by atoms with Gasteiger partial charge in [0.15, 0.2) is 0 Å². The summed E-state index contributed by atoms with van der Waals surface area (Å²) in [5.74, 6) is -0.725. The van der Waals surface area contributed by atoms with Crippen molar-refractivity contribution in [3.63, 3.8) is 0 Å². The molecule has 4 aromatic carbocycles. The zero-order valence-corrected chi connectivity index (χ0v) is 21.3. The minimum absolute atomic E-state index is 0.0799. The second kappa shape index (κ2) is 12.0. The van der Waals surface area contributed by atoms with E-state index in [1.807, 2.05) is 13.0 Å². The fraction of sp³-hybridized carbons (Fsp3) is 0.0690.